The van der Waals surface area contributed by atoms with E-state index in [1.165, 1.54) is 12.8 Å². The quantitative estimate of drug-likeness (QED) is 0.835. The molecular formula is C15H19BrO2. The van der Waals surface area contributed by atoms with Crippen LogP contribution in [0.4, 0.5) is 0 Å². The molecular weight excluding hydrogens is 292 g/mol. The molecule has 18 heavy (non-hydrogen) atoms. The standard InChI is InChI=1S/C15H19BrO2/c1-15(7-3-4-8-15)14(17)10-11-9-12(16)5-6-13(11)18-2/h5-6,9H,3-4,7-8,10H2,1-2H3. The molecule has 0 aliphatic heterocycles. The van der Waals surface area contributed by atoms with Gasteiger partial charge in [0.2, 0.25) is 0 Å². The third kappa shape index (κ3) is 2.77. The van der Waals surface area contributed by atoms with Gasteiger partial charge in [0.05, 0.1) is 7.11 Å². The van der Waals surface area contributed by atoms with Crippen LogP contribution in [0.1, 0.15) is 38.2 Å². The zero-order valence-electron chi connectivity index (χ0n) is 11.0. The molecule has 0 atom stereocenters. The number of carbonyl (C=O) groups is 1. The molecule has 0 radical (unpaired) electrons. The lowest BCUT2D eigenvalue weighted by Crippen LogP contribution is -2.26. The maximum Gasteiger partial charge on any atom is 0.143 e. The van der Waals surface area contributed by atoms with E-state index in [4.69, 9.17) is 4.74 Å². The summed E-state index contributed by atoms with van der Waals surface area (Å²) in [4.78, 5) is 12.4. The fourth-order valence-corrected chi connectivity index (χ4v) is 3.11. The van der Waals surface area contributed by atoms with Crippen molar-refractivity contribution in [3.8, 4) is 5.75 Å². The van der Waals surface area contributed by atoms with Gasteiger partial charge in [-0.3, -0.25) is 4.79 Å². The van der Waals surface area contributed by atoms with E-state index in [2.05, 4.69) is 22.9 Å². The fraction of sp³-hybridized carbons (Fsp3) is 0.533. The van der Waals surface area contributed by atoms with Crippen LogP contribution in [0.15, 0.2) is 22.7 Å². The molecule has 0 aromatic heterocycles. The van der Waals surface area contributed by atoms with E-state index in [9.17, 15) is 4.79 Å². The molecule has 2 rings (SSSR count). The van der Waals surface area contributed by atoms with Gasteiger partial charge in [-0.25, -0.2) is 0 Å². The number of carbonyl (C=O) groups excluding carboxylic acids is 1. The van der Waals surface area contributed by atoms with Crippen molar-refractivity contribution in [2.24, 2.45) is 5.41 Å². The zero-order chi connectivity index (χ0) is 13.2. The number of hydrogen-bond donors (Lipinski definition) is 0. The Hall–Kier alpha value is -0.830. The molecule has 0 unspecified atom stereocenters. The molecule has 1 aliphatic rings. The highest BCUT2D eigenvalue weighted by Crippen LogP contribution is 2.39. The SMILES string of the molecule is COc1ccc(Br)cc1CC(=O)C1(C)CCCC1. The predicted molar refractivity (Wildman–Crippen MR) is 76.0 cm³/mol. The Bertz CT molecular complexity index is 448. The Morgan fingerprint density at radius 1 is 1.39 bits per heavy atom. The summed E-state index contributed by atoms with van der Waals surface area (Å²) in [5.74, 6) is 1.14. The van der Waals surface area contributed by atoms with Gasteiger partial charge in [0.25, 0.3) is 0 Å². The van der Waals surface area contributed by atoms with Crippen LogP contribution in [0.2, 0.25) is 0 Å². The molecule has 0 N–H and O–H groups in total. The molecule has 3 heteroatoms. The van der Waals surface area contributed by atoms with E-state index in [-0.39, 0.29) is 5.41 Å². The third-order valence-corrected chi connectivity index (χ3v) is 4.47. The molecule has 1 aromatic rings. The first kappa shape index (κ1) is 13.6. The van der Waals surface area contributed by atoms with Crippen molar-refractivity contribution >= 4 is 21.7 Å². The molecule has 0 heterocycles. The van der Waals surface area contributed by atoms with Crippen LogP contribution in [-0.2, 0) is 11.2 Å². The lowest BCUT2D eigenvalue weighted by atomic mass is 9.81. The van der Waals surface area contributed by atoms with Crippen LogP contribution >= 0.6 is 15.9 Å². The Balaban J connectivity index is 2.18. The van der Waals surface area contributed by atoms with Crippen molar-refractivity contribution in [2.75, 3.05) is 7.11 Å². The van der Waals surface area contributed by atoms with Gasteiger partial charge in [-0.1, -0.05) is 35.7 Å². The number of hydrogen-bond acceptors (Lipinski definition) is 2. The molecule has 0 saturated heterocycles. The van der Waals surface area contributed by atoms with Gasteiger partial charge in [0.1, 0.15) is 11.5 Å². The van der Waals surface area contributed by atoms with Crippen LogP contribution in [0.25, 0.3) is 0 Å². The van der Waals surface area contributed by atoms with Crippen LogP contribution < -0.4 is 4.74 Å². The van der Waals surface area contributed by atoms with Gasteiger partial charge in [-0.05, 0) is 31.0 Å². The van der Waals surface area contributed by atoms with Crippen molar-refractivity contribution < 1.29 is 9.53 Å². The molecule has 1 saturated carbocycles. The highest BCUT2D eigenvalue weighted by Gasteiger charge is 2.35. The predicted octanol–water partition coefficient (Wildman–Crippen LogP) is 4.15. The largest absolute Gasteiger partial charge is 0.496 e. The Morgan fingerprint density at radius 2 is 2.06 bits per heavy atom. The van der Waals surface area contributed by atoms with Crippen molar-refractivity contribution in [2.45, 2.75) is 39.0 Å². The summed E-state index contributed by atoms with van der Waals surface area (Å²) in [5, 5.41) is 0. The number of methoxy groups -OCH3 is 1. The first-order chi connectivity index (χ1) is 8.55. The van der Waals surface area contributed by atoms with E-state index in [0.29, 0.717) is 12.2 Å². The first-order valence-corrected chi connectivity index (χ1v) is 7.20. The van der Waals surface area contributed by atoms with Gasteiger partial charge in [-0.2, -0.15) is 0 Å². The second-order valence-electron chi connectivity index (χ2n) is 5.32. The molecule has 1 fully saturated rings. The van der Waals surface area contributed by atoms with Crippen LogP contribution in [0.3, 0.4) is 0 Å². The molecule has 2 nitrogen and oxygen atoms in total. The maximum atomic E-state index is 12.4. The minimum absolute atomic E-state index is 0.118. The molecule has 0 bridgehead atoms. The highest BCUT2D eigenvalue weighted by atomic mass is 79.9. The Kier molecular flexibility index (Phi) is 4.10. The summed E-state index contributed by atoms with van der Waals surface area (Å²) in [6.45, 7) is 2.10. The van der Waals surface area contributed by atoms with Gasteiger partial charge < -0.3 is 4.74 Å². The fourth-order valence-electron chi connectivity index (χ4n) is 2.71. The second-order valence-corrected chi connectivity index (χ2v) is 6.24. The van der Waals surface area contributed by atoms with Crippen LogP contribution in [0.5, 0.6) is 5.75 Å². The highest BCUT2D eigenvalue weighted by molar-refractivity contribution is 9.10. The average Bonchev–Trinajstić information content (AvgIpc) is 2.78. The maximum absolute atomic E-state index is 12.4. The molecule has 0 amide bonds. The molecule has 1 aliphatic carbocycles. The van der Waals surface area contributed by atoms with Crippen LogP contribution in [0, 0.1) is 5.41 Å². The lowest BCUT2D eigenvalue weighted by Gasteiger charge is -2.22. The average molecular weight is 311 g/mol. The molecule has 0 spiro atoms. The Labute approximate surface area is 117 Å². The normalized spacial score (nSPS) is 17.7. The number of rotatable bonds is 4. The summed E-state index contributed by atoms with van der Waals surface area (Å²) in [7, 11) is 1.65. The van der Waals surface area contributed by atoms with Crippen molar-refractivity contribution in [1.29, 1.82) is 0 Å². The van der Waals surface area contributed by atoms with Crippen molar-refractivity contribution in [3.63, 3.8) is 0 Å². The topological polar surface area (TPSA) is 26.3 Å². The summed E-state index contributed by atoms with van der Waals surface area (Å²) >= 11 is 3.45. The van der Waals surface area contributed by atoms with E-state index in [0.717, 1.165) is 28.6 Å². The van der Waals surface area contributed by atoms with E-state index in [1.54, 1.807) is 7.11 Å². The van der Waals surface area contributed by atoms with E-state index in [1.807, 2.05) is 18.2 Å². The minimum atomic E-state index is -0.118. The van der Waals surface area contributed by atoms with Gasteiger partial charge in [-0.15, -0.1) is 0 Å². The monoisotopic (exact) mass is 310 g/mol. The zero-order valence-corrected chi connectivity index (χ0v) is 12.5. The number of benzene rings is 1. The summed E-state index contributed by atoms with van der Waals surface area (Å²) in [6.07, 6.45) is 4.89. The Morgan fingerprint density at radius 3 is 2.67 bits per heavy atom. The van der Waals surface area contributed by atoms with Gasteiger partial charge >= 0.3 is 0 Å². The smallest absolute Gasteiger partial charge is 0.143 e. The summed E-state index contributed by atoms with van der Waals surface area (Å²) in [6, 6.07) is 5.82. The summed E-state index contributed by atoms with van der Waals surface area (Å²) in [5.41, 5.74) is 0.859. The van der Waals surface area contributed by atoms with Crippen molar-refractivity contribution in [3.05, 3.63) is 28.2 Å². The van der Waals surface area contributed by atoms with Gasteiger partial charge in [0, 0.05) is 21.9 Å². The molecule has 1 aromatic carbocycles. The van der Waals surface area contributed by atoms with Crippen LogP contribution in [-0.4, -0.2) is 12.9 Å². The number of ether oxygens (including phenoxy) is 1. The second kappa shape index (κ2) is 5.43. The van der Waals surface area contributed by atoms with Crippen molar-refractivity contribution in [1.82, 2.24) is 0 Å². The third-order valence-electron chi connectivity index (χ3n) is 3.97. The first-order valence-electron chi connectivity index (χ1n) is 6.41. The van der Waals surface area contributed by atoms with Gasteiger partial charge in [0.15, 0.2) is 0 Å². The minimum Gasteiger partial charge on any atom is -0.496 e. The van der Waals surface area contributed by atoms with E-state index >= 15 is 0 Å². The van der Waals surface area contributed by atoms with E-state index < -0.39 is 0 Å². The number of ketones is 1. The lowest BCUT2D eigenvalue weighted by molar-refractivity contribution is -0.126. The summed E-state index contributed by atoms with van der Waals surface area (Å²) < 4.78 is 6.31. The molecule has 98 valence electrons. The number of Topliss-reactive ketones (excluding diaryl/α,β-unsaturated/α-hetero) is 1. The number of halogens is 1.